The number of fused-ring (bicyclic) bond motifs is 2. The Labute approximate surface area is 112 Å². The van der Waals surface area contributed by atoms with Crippen molar-refractivity contribution in [3.05, 3.63) is 59.7 Å². The minimum Gasteiger partial charge on any atom is -0.455 e. The van der Waals surface area contributed by atoms with Crippen molar-refractivity contribution >= 4 is 10.8 Å². The Morgan fingerprint density at radius 1 is 0.684 bits per heavy atom. The normalized spacial score (nSPS) is 12.1. The van der Waals surface area contributed by atoms with Gasteiger partial charge in [0.25, 0.3) is 0 Å². The molecular weight excluding hydrogens is 232 g/mol. The molecular formula is C18H14O. The summed E-state index contributed by atoms with van der Waals surface area (Å²) in [7, 11) is 0. The molecule has 0 amide bonds. The van der Waals surface area contributed by atoms with Crippen LogP contribution in [0.1, 0.15) is 11.1 Å². The van der Waals surface area contributed by atoms with Gasteiger partial charge in [-0.25, -0.2) is 0 Å². The maximum absolute atomic E-state index is 6.21. The van der Waals surface area contributed by atoms with E-state index in [1.165, 1.54) is 33.0 Å². The van der Waals surface area contributed by atoms with Crippen LogP contribution in [0.15, 0.2) is 48.5 Å². The van der Waals surface area contributed by atoms with Crippen LogP contribution in [0.2, 0.25) is 0 Å². The van der Waals surface area contributed by atoms with Gasteiger partial charge in [0.2, 0.25) is 0 Å². The summed E-state index contributed by atoms with van der Waals surface area (Å²) >= 11 is 0. The molecule has 1 aliphatic heterocycles. The largest absolute Gasteiger partial charge is 0.455 e. The lowest BCUT2D eigenvalue weighted by Gasteiger charge is -2.24. The van der Waals surface area contributed by atoms with E-state index < -0.39 is 0 Å². The zero-order chi connectivity index (χ0) is 13.0. The van der Waals surface area contributed by atoms with Crippen LogP contribution < -0.4 is 4.74 Å². The fraction of sp³-hybridized carbons (Fsp3) is 0.111. The molecule has 0 saturated heterocycles. The summed E-state index contributed by atoms with van der Waals surface area (Å²) in [6.07, 6.45) is 0. The fourth-order valence-electron chi connectivity index (χ4n) is 2.91. The molecule has 1 nitrogen and oxygen atoms in total. The predicted molar refractivity (Wildman–Crippen MR) is 78.9 cm³/mol. The summed E-state index contributed by atoms with van der Waals surface area (Å²) in [6.45, 7) is 4.21. The molecule has 1 heteroatoms. The van der Waals surface area contributed by atoms with E-state index in [1.54, 1.807) is 0 Å². The van der Waals surface area contributed by atoms with Crippen molar-refractivity contribution in [3.8, 4) is 22.6 Å². The summed E-state index contributed by atoms with van der Waals surface area (Å²) in [5, 5.41) is 2.48. The standard InChI is InChI=1S/C18H14O/c1-11-5-3-8-15-14-7-4-6-13-10-9-12(2)18(16(13)14)19-17(11)15/h3-10H,1-2H3. The van der Waals surface area contributed by atoms with Gasteiger partial charge in [-0.15, -0.1) is 0 Å². The van der Waals surface area contributed by atoms with Crippen LogP contribution in [0.5, 0.6) is 11.5 Å². The number of hydrogen-bond acceptors (Lipinski definition) is 1. The highest BCUT2D eigenvalue weighted by molar-refractivity contribution is 6.04. The highest BCUT2D eigenvalue weighted by Gasteiger charge is 2.21. The monoisotopic (exact) mass is 246 g/mol. The Morgan fingerprint density at radius 2 is 1.42 bits per heavy atom. The van der Waals surface area contributed by atoms with Gasteiger partial charge in [0.15, 0.2) is 0 Å². The van der Waals surface area contributed by atoms with Crippen LogP contribution >= 0.6 is 0 Å². The Bertz CT molecular complexity index is 815. The van der Waals surface area contributed by atoms with Gasteiger partial charge < -0.3 is 4.74 Å². The van der Waals surface area contributed by atoms with Gasteiger partial charge >= 0.3 is 0 Å². The molecule has 3 aromatic carbocycles. The summed E-state index contributed by atoms with van der Waals surface area (Å²) in [4.78, 5) is 0. The van der Waals surface area contributed by atoms with Crippen LogP contribution in [0.3, 0.4) is 0 Å². The van der Waals surface area contributed by atoms with Crippen molar-refractivity contribution in [2.45, 2.75) is 13.8 Å². The van der Waals surface area contributed by atoms with Gasteiger partial charge in [0.05, 0.1) is 0 Å². The molecule has 0 radical (unpaired) electrons. The minimum absolute atomic E-state index is 0.997. The van der Waals surface area contributed by atoms with Gasteiger partial charge in [-0.2, -0.15) is 0 Å². The highest BCUT2D eigenvalue weighted by Crippen LogP contribution is 2.48. The van der Waals surface area contributed by atoms with Gasteiger partial charge in [-0.3, -0.25) is 0 Å². The number of benzene rings is 3. The summed E-state index contributed by atoms with van der Waals surface area (Å²) in [5.41, 5.74) is 4.85. The van der Waals surface area contributed by atoms with E-state index in [9.17, 15) is 0 Å². The lowest BCUT2D eigenvalue weighted by atomic mass is 9.92. The van der Waals surface area contributed by atoms with Crippen LogP contribution in [0.4, 0.5) is 0 Å². The molecule has 0 saturated carbocycles. The van der Waals surface area contributed by atoms with Crippen LogP contribution in [0, 0.1) is 13.8 Å². The van der Waals surface area contributed by atoms with Crippen LogP contribution in [-0.2, 0) is 0 Å². The zero-order valence-corrected chi connectivity index (χ0v) is 11.0. The molecule has 4 rings (SSSR count). The maximum atomic E-state index is 6.21. The molecule has 0 unspecified atom stereocenters. The third-order valence-corrected chi connectivity index (χ3v) is 3.90. The van der Waals surface area contributed by atoms with Gasteiger partial charge in [0, 0.05) is 10.9 Å². The van der Waals surface area contributed by atoms with Gasteiger partial charge in [0.1, 0.15) is 11.5 Å². The highest BCUT2D eigenvalue weighted by atomic mass is 16.5. The zero-order valence-electron chi connectivity index (χ0n) is 11.0. The number of hydrogen-bond donors (Lipinski definition) is 0. The summed E-state index contributed by atoms with van der Waals surface area (Å²) in [6, 6.07) is 17.1. The molecule has 0 aromatic heterocycles. The van der Waals surface area contributed by atoms with Crippen LogP contribution in [-0.4, -0.2) is 0 Å². The van der Waals surface area contributed by atoms with E-state index in [0.29, 0.717) is 0 Å². The van der Waals surface area contributed by atoms with E-state index in [0.717, 1.165) is 11.5 Å². The summed E-state index contributed by atoms with van der Waals surface area (Å²) in [5.74, 6) is 2.01. The number of para-hydroxylation sites is 1. The van der Waals surface area contributed by atoms with Crippen LogP contribution in [0.25, 0.3) is 21.9 Å². The molecule has 0 N–H and O–H groups in total. The maximum Gasteiger partial charge on any atom is 0.138 e. The second-order valence-electron chi connectivity index (χ2n) is 5.17. The SMILES string of the molecule is Cc1cccc2c1Oc1c(C)ccc3cccc-2c13. The van der Waals surface area contributed by atoms with Crippen molar-refractivity contribution in [3.63, 3.8) is 0 Å². The lowest BCUT2D eigenvalue weighted by molar-refractivity contribution is 0.479. The molecule has 0 bridgehead atoms. The van der Waals surface area contributed by atoms with E-state index >= 15 is 0 Å². The van der Waals surface area contributed by atoms with E-state index in [1.807, 2.05) is 0 Å². The molecule has 3 aromatic rings. The Hall–Kier alpha value is -2.28. The number of rotatable bonds is 0. The van der Waals surface area contributed by atoms with Gasteiger partial charge in [-0.05, 0) is 35.9 Å². The van der Waals surface area contributed by atoms with Gasteiger partial charge in [-0.1, -0.05) is 48.5 Å². The molecule has 0 fully saturated rings. The Kier molecular flexibility index (Phi) is 2.02. The number of aryl methyl sites for hydroxylation is 2. The molecule has 0 spiro atoms. The smallest absolute Gasteiger partial charge is 0.138 e. The molecule has 92 valence electrons. The molecule has 19 heavy (non-hydrogen) atoms. The topological polar surface area (TPSA) is 9.23 Å². The Balaban J connectivity index is 2.22. The lowest BCUT2D eigenvalue weighted by Crippen LogP contribution is -2.00. The first-order valence-electron chi connectivity index (χ1n) is 6.56. The Morgan fingerprint density at radius 3 is 2.32 bits per heavy atom. The second-order valence-corrected chi connectivity index (χ2v) is 5.17. The van der Waals surface area contributed by atoms with Crippen molar-refractivity contribution in [2.24, 2.45) is 0 Å². The third-order valence-electron chi connectivity index (χ3n) is 3.90. The first-order chi connectivity index (χ1) is 9.25. The van der Waals surface area contributed by atoms with E-state index in [2.05, 4.69) is 62.4 Å². The average molecular weight is 246 g/mol. The summed E-state index contributed by atoms with van der Waals surface area (Å²) < 4.78 is 6.21. The fourth-order valence-corrected chi connectivity index (χ4v) is 2.91. The van der Waals surface area contributed by atoms with E-state index in [4.69, 9.17) is 4.74 Å². The first kappa shape index (κ1) is 10.6. The van der Waals surface area contributed by atoms with E-state index in [-0.39, 0.29) is 0 Å². The second kappa shape index (κ2) is 3.61. The molecule has 0 aliphatic carbocycles. The molecule has 0 atom stereocenters. The third kappa shape index (κ3) is 1.36. The average Bonchev–Trinajstić information content (AvgIpc) is 2.44. The molecule has 1 heterocycles. The predicted octanol–water partition coefficient (Wildman–Crippen LogP) is 5.23. The molecule has 1 aliphatic rings. The van der Waals surface area contributed by atoms with Crippen molar-refractivity contribution < 1.29 is 4.74 Å². The van der Waals surface area contributed by atoms with Crippen molar-refractivity contribution in [1.29, 1.82) is 0 Å². The quantitative estimate of drug-likeness (QED) is 0.413. The number of ether oxygens (including phenoxy) is 1. The minimum atomic E-state index is 0.997. The van der Waals surface area contributed by atoms with Crippen molar-refractivity contribution in [1.82, 2.24) is 0 Å². The first-order valence-corrected chi connectivity index (χ1v) is 6.56. The van der Waals surface area contributed by atoms with Crippen molar-refractivity contribution in [2.75, 3.05) is 0 Å².